The number of rotatable bonds is 3. The fraction of sp³-hybridized carbons (Fsp3) is 0.286. The van der Waals surface area contributed by atoms with Crippen molar-refractivity contribution in [2.45, 2.75) is 19.3 Å². The van der Waals surface area contributed by atoms with Gasteiger partial charge < -0.3 is 10.8 Å². The molecule has 2 aromatic rings. The van der Waals surface area contributed by atoms with Gasteiger partial charge >= 0.3 is 5.97 Å². The topological polar surface area (TPSA) is 76.2 Å². The van der Waals surface area contributed by atoms with Gasteiger partial charge in [-0.2, -0.15) is 0 Å². The molecule has 4 heteroatoms. The van der Waals surface area contributed by atoms with E-state index in [0.29, 0.717) is 5.69 Å². The number of aromatic carboxylic acids is 1. The van der Waals surface area contributed by atoms with E-state index in [1.54, 1.807) is 0 Å². The standard InChI is InChI=1S/C14H14N2O2/c15-13-10(14(17)18)7-16-11-3-1-2-9(12(11)13)6-8-4-5-8/h1-3,7-8H,4-6H2,(H2,15,16)(H,17,18). The first-order valence-corrected chi connectivity index (χ1v) is 6.06. The van der Waals surface area contributed by atoms with Crippen molar-refractivity contribution in [1.82, 2.24) is 4.98 Å². The van der Waals surface area contributed by atoms with Crippen LogP contribution >= 0.6 is 0 Å². The summed E-state index contributed by atoms with van der Waals surface area (Å²) >= 11 is 0. The Hall–Kier alpha value is -2.10. The molecule has 0 spiro atoms. The molecule has 0 bridgehead atoms. The van der Waals surface area contributed by atoms with E-state index in [0.717, 1.165) is 28.8 Å². The summed E-state index contributed by atoms with van der Waals surface area (Å²) in [6.45, 7) is 0. The van der Waals surface area contributed by atoms with Gasteiger partial charge in [-0.1, -0.05) is 12.1 Å². The van der Waals surface area contributed by atoms with E-state index in [9.17, 15) is 4.79 Å². The summed E-state index contributed by atoms with van der Waals surface area (Å²) in [6.07, 6.45) is 4.80. The number of nitrogens with zero attached hydrogens (tertiary/aromatic N) is 1. The van der Waals surface area contributed by atoms with Gasteiger partial charge in [0.1, 0.15) is 5.56 Å². The van der Waals surface area contributed by atoms with Crippen molar-refractivity contribution in [3.8, 4) is 0 Å². The molecule has 1 aromatic heterocycles. The number of fused-ring (bicyclic) bond motifs is 1. The minimum absolute atomic E-state index is 0.0887. The zero-order valence-corrected chi connectivity index (χ0v) is 9.89. The molecule has 0 unspecified atom stereocenters. The lowest BCUT2D eigenvalue weighted by Gasteiger charge is -2.10. The predicted octanol–water partition coefficient (Wildman–Crippen LogP) is 2.47. The highest BCUT2D eigenvalue weighted by Gasteiger charge is 2.23. The number of pyridine rings is 1. The monoisotopic (exact) mass is 242 g/mol. The second kappa shape index (κ2) is 3.98. The molecule has 18 heavy (non-hydrogen) atoms. The van der Waals surface area contributed by atoms with E-state index in [1.807, 2.05) is 18.2 Å². The number of hydrogen-bond acceptors (Lipinski definition) is 3. The Morgan fingerprint density at radius 3 is 2.89 bits per heavy atom. The Kier molecular flexibility index (Phi) is 2.44. The first-order chi connectivity index (χ1) is 8.66. The number of aromatic nitrogens is 1. The Morgan fingerprint density at radius 1 is 1.44 bits per heavy atom. The zero-order chi connectivity index (χ0) is 12.7. The van der Waals surface area contributed by atoms with Crippen LogP contribution in [0.25, 0.3) is 10.9 Å². The van der Waals surface area contributed by atoms with Gasteiger partial charge in [0.05, 0.1) is 11.2 Å². The van der Waals surface area contributed by atoms with Gasteiger partial charge in [0.2, 0.25) is 0 Å². The van der Waals surface area contributed by atoms with Crippen molar-refractivity contribution in [3.63, 3.8) is 0 Å². The largest absolute Gasteiger partial charge is 0.478 e. The molecule has 92 valence electrons. The summed E-state index contributed by atoms with van der Waals surface area (Å²) in [6, 6.07) is 5.84. The number of nitrogen functional groups attached to an aromatic ring is 1. The number of benzene rings is 1. The van der Waals surface area contributed by atoms with Gasteiger partial charge in [-0.15, -0.1) is 0 Å². The van der Waals surface area contributed by atoms with Gasteiger partial charge in [0.25, 0.3) is 0 Å². The third-order valence-electron chi connectivity index (χ3n) is 3.46. The van der Waals surface area contributed by atoms with Crippen LogP contribution < -0.4 is 5.73 Å². The van der Waals surface area contributed by atoms with E-state index >= 15 is 0 Å². The number of anilines is 1. The minimum atomic E-state index is -1.02. The van der Waals surface area contributed by atoms with Crippen LogP contribution in [0.15, 0.2) is 24.4 Å². The molecule has 0 atom stereocenters. The van der Waals surface area contributed by atoms with Crippen LogP contribution in [0.3, 0.4) is 0 Å². The molecule has 1 aromatic carbocycles. The molecule has 0 aliphatic heterocycles. The van der Waals surface area contributed by atoms with E-state index in [1.165, 1.54) is 19.0 Å². The molecule has 1 heterocycles. The molecule has 0 saturated heterocycles. The molecule has 0 radical (unpaired) electrons. The molecule has 3 N–H and O–H groups in total. The lowest BCUT2D eigenvalue weighted by molar-refractivity contribution is 0.0698. The maximum Gasteiger partial charge on any atom is 0.339 e. The zero-order valence-electron chi connectivity index (χ0n) is 9.89. The SMILES string of the molecule is Nc1c(C(=O)O)cnc2cccc(CC3CC3)c12. The van der Waals surface area contributed by atoms with Gasteiger partial charge in [-0.05, 0) is 36.8 Å². The number of carboxylic acids is 1. The third kappa shape index (κ3) is 1.79. The normalized spacial score (nSPS) is 14.9. The average molecular weight is 242 g/mol. The maximum atomic E-state index is 11.1. The molecule has 0 amide bonds. The van der Waals surface area contributed by atoms with Crippen LogP contribution in [0.4, 0.5) is 5.69 Å². The number of nitrogens with two attached hydrogens (primary N) is 1. The number of carboxylic acid groups (broad SMARTS) is 1. The summed E-state index contributed by atoms with van der Waals surface area (Å²) in [5.74, 6) is -0.299. The Morgan fingerprint density at radius 2 is 2.22 bits per heavy atom. The third-order valence-corrected chi connectivity index (χ3v) is 3.46. The first-order valence-electron chi connectivity index (χ1n) is 6.06. The van der Waals surface area contributed by atoms with Crippen LogP contribution in [-0.2, 0) is 6.42 Å². The predicted molar refractivity (Wildman–Crippen MR) is 69.5 cm³/mol. The van der Waals surface area contributed by atoms with Crippen molar-refractivity contribution in [1.29, 1.82) is 0 Å². The first kappa shape index (κ1) is 11.0. The second-order valence-corrected chi connectivity index (χ2v) is 4.85. The molecule has 1 fully saturated rings. The van der Waals surface area contributed by atoms with Crippen LogP contribution in [0.5, 0.6) is 0 Å². The van der Waals surface area contributed by atoms with Crippen molar-refractivity contribution < 1.29 is 9.90 Å². The summed E-state index contributed by atoms with van der Waals surface area (Å²) in [5.41, 5.74) is 8.31. The van der Waals surface area contributed by atoms with Crippen LogP contribution in [-0.4, -0.2) is 16.1 Å². The molecular formula is C14H14N2O2. The number of hydrogen-bond donors (Lipinski definition) is 2. The van der Waals surface area contributed by atoms with Crippen LogP contribution in [0, 0.1) is 5.92 Å². The summed E-state index contributed by atoms with van der Waals surface area (Å²) in [5, 5.41) is 9.90. The molecule has 4 nitrogen and oxygen atoms in total. The van der Waals surface area contributed by atoms with Crippen molar-refractivity contribution >= 4 is 22.6 Å². The number of carbonyl (C=O) groups is 1. The highest BCUT2D eigenvalue weighted by molar-refractivity contribution is 6.04. The highest BCUT2D eigenvalue weighted by atomic mass is 16.4. The summed E-state index contributed by atoms with van der Waals surface area (Å²) < 4.78 is 0. The van der Waals surface area contributed by atoms with Crippen LogP contribution in [0.2, 0.25) is 0 Å². The maximum absolute atomic E-state index is 11.1. The van der Waals surface area contributed by atoms with E-state index in [2.05, 4.69) is 4.98 Å². The lowest BCUT2D eigenvalue weighted by atomic mass is 10.00. The fourth-order valence-electron chi connectivity index (χ4n) is 2.32. The van der Waals surface area contributed by atoms with Crippen molar-refractivity contribution in [3.05, 3.63) is 35.5 Å². The Labute approximate surface area is 104 Å². The molecule has 1 aliphatic rings. The summed E-state index contributed by atoms with van der Waals surface area (Å²) in [4.78, 5) is 15.3. The van der Waals surface area contributed by atoms with Crippen molar-refractivity contribution in [2.24, 2.45) is 5.92 Å². The Bertz CT molecular complexity index is 633. The molecular weight excluding hydrogens is 228 g/mol. The van der Waals surface area contributed by atoms with Gasteiger partial charge in [0, 0.05) is 11.6 Å². The van der Waals surface area contributed by atoms with E-state index < -0.39 is 5.97 Å². The lowest BCUT2D eigenvalue weighted by Crippen LogP contribution is -2.05. The Balaban J connectivity index is 2.22. The average Bonchev–Trinajstić information content (AvgIpc) is 3.13. The van der Waals surface area contributed by atoms with Crippen LogP contribution in [0.1, 0.15) is 28.8 Å². The van der Waals surface area contributed by atoms with Crippen molar-refractivity contribution in [2.75, 3.05) is 5.73 Å². The van der Waals surface area contributed by atoms with E-state index in [-0.39, 0.29) is 5.56 Å². The van der Waals surface area contributed by atoms with Gasteiger partial charge in [-0.3, -0.25) is 4.98 Å². The van der Waals surface area contributed by atoms with Gasteiger partial charge in [0.15, 0.2) is 0 Å². The smallest absolute Gasteiger partial charge is 0.339 e. The summed E-state index contributed by atoms with van der Waals surface area (Å²) in [7, 11) is 0. The quantitative estimate of drug-likeness (QED) is 0.866. The minimum Gasteiger partial charge on any atom is -0.478 e. The highest BCUT2D eigenvalue weighted by Crippen LogP contribution is 2.36. The van der Waals surface area contributed by atoms with E-state index in [4.69, 9.17) is 10.8 Å². The molecule has 3 rings (SSSR count). The molecule has 1 aliphatic carbocycles. The fourth-order valence-corrected chi connectivity index (χ4v) is 2.32. The van der Waals surface area contributed by atoms with Gasteiger partial charge in [-0.25, -0.2) is 4.79 Å². The molecule has 1 saturated carbocycles. The second-order valence-electron chi connectivity index (χ2n) is 4.85.